The van der Waals surface area contributed by atoms with Crippen molar-refractivity contribution in [1.29, 1.82) is 0 Å². The van der Waals surface area contributed by atoms with Gasteiger partial charge in [0, 0.05) is 5.39 Å². The van der Waals surface area contributed by atoms with Crippen molar-refractivity contribution in [3.05, 3.63) is 71.4 Å². The summed E-state index contributed by atoms with van der Waals surface area (Å²) >= 11 is 0. The number of rotatable bonds is 4. The van der Waals surface area contributed by atoms with Gasteiger partial charge in [0.25, 0.3) is 10.0 Å². The SMILES string of the molecule is Cc1ccc(S(=O)(=O)n2c(C3=CCCCC3)c(C(=O)O)c3ccccc32)cc1. The monoisotopic (exact) mass is 395 g/mol. The van der Waals surface area contributed by atoms with Crippen molar-refractivity contribution >= 4 is 32.5 Å². The Hall–Kier alpha value is -2.86. The van der Waals surface area contributed by atoms with Crippen molar-refractivity contribution in [2.24, 2.45) is 0 Å². The summed E-state index contributed by atoms with van der Waals surface area (Å²) in [6.07, 6.45) is 5.40. The van der Waals surface area contributed by atoms with Gasteiger partial charge in [0.15, 0.2) is 0 Å². The molecule has 0 unspecified atom stereocenters. The molecule has 1 N–H and O–H groups in total. The number of fused-ring (bicyclic) bond motifs is 1. The zero-order valence-corrected chi connectivity index (χ0v) is 16.4. The lowest BCUT2D eigenvalue weighted by Crippen LogP contribution is -2.17. The standard InChI is InChI=1S/C22H21NO4S/c1-15-11-13-17(14-12-15)28(26,27)23-19-10-6-5-9-18(19)20(22(24)25)21(23)16-7-3-2-4-8-16/h5-7,9-14H,2-4,8H2,1H3,(H,24,25). The molecule has 3 aromatic rings. The average Bonchev–Trinajstić information content (AvgIpc) is 3.05. The summed E-state index contributed by atoms with van der Waals surface area (Å²) in [5.41, 5.74) is 2.48. The van der Waals surface area contributed by atoms with E-state index in [1.165, 1.54) is 3.97 Å². The fraction of sp³-hybridized carbons (Fsp3) is 0.227. The van der Waals surface area contributed by atoms with Crippen molar-refractivity contribution in [2.45, 2.75) is 37.5 Å². The van der Waals surface area contributed by atoms with E-state index in [-0.39, 0.29) is 16.2 Å². The van der Waals surface area contributed by atoms with E-state index in [1.807, 2.05) is 13.0 Å². The van der Waals surface area contributed by atoms with Gasteiger partial charge in [-0.2, -0.15) is 0 Å². The zero-order chi connectivity index (χ0) is 19.9. The summed E-state index contributed by atoms with van der Waals surface area (Å²) in [5.74, 6) is -1.12. The van der Waals surface area contributed by atoms with Crippen LogP contribution >= 0.6 is 0 Å². The minimum atomic E-state index is -3.96. The molecule has 28 heavy (non-hydrogen) atoms. The van der Waals surface area contributed by atoms with Crippen LogP contribution in [0, 0.1) is 6.92 Å². The molecule has 5 nitrogen and oxygen atoms in total. The molecule has 1 aliphatic rings. The van der Waals surface area contributed by atoms with E-state index in [0.717, 1.165) is 30.4 Å². The molecule has 2 aromatic carbocycles. The summed E-state index contributed by atoms with van der Waals surface area (Å²) in [4.78, 5) is 12.3. The number of nitrogens with zero attached hydrogens (tertiary/aromatic N) is 1. The van der Waals surface area contributed by atoms with E-state index in [1.54, 1.807) is 48.5 Å². The Morgan fingerprint density at radius 3 is 2.39 bits per heavy atom. The number of carbonyl (C=O) groups is 1. The van der Waals surface area contributed by atoms with Gasteiger partial charge in [-0.05, 0) is 56.4 Å². The van der Waals surface area contributed by atoms with Crippen LogP contribution in [0.2, 0.25) is 0 Å². The van der Waals surface area contributed by atoms with E-state index >= 15 is 0 Å². The maximum absolute atomic E-state index is 13.6. The number of benzene rings is 2. The van der Waals surface area contributed by atoms with Gasteiger partial charge in [0.05, 0.1) is 21.7 Å². The highest BCUT2D eigenvalue weighted by atomic mass is 32.2. The smallest absolute Gasteiger partial charge is 0.338 e. The van der Waals surface area contributed by atoms with Gasteiger partial charge in [-0.3, -0.25) is 0 Å². The van der Waals surface area contributed by atoms with Crippen molar-refractivity contribution < 1.29 is 18.3 Å². The molecular formula is C22H21NO4S. The number of carboxylic acids is 1. The molecule has 0 fully saturated rings. The molecule has 144 valence electrons. The second kappa shape index (κ2) is 6.95. The molecular weight excluding hydrogens is 374 g/mol. The molecule has 0 amide bonds. The van der Waals surface area contributed by atoms with Crippen molar-refractivity contribution in [3.8, 4) is 0 Å². The Morgan fingerprint density at radius 2 is 1.75 bits per heavy atom. The first-order chi connectivity index (χ1) is 13.4. The number of aryl methyl sites for hydroxylation is 1. The molecule has 1 aliphatic carbocycles. The number of hydrogen-bond donors (Lipinski definition) is 1. The second-order valence-electron chi connectivity index (χ2n) is 7.10. The van der Waals surface area contributed by atoms with Crippen molar-refractivity contribution in [1.82, 2.24) is 3.97 Å². The number of allylic oxidation sites excluding steroid dienone is 2. The van der Waals surface area contributed by atoms with E-state index in [2.05, 4.69) is 0 Å². The first kappa shape index (κ1) is 18.5. The van der Waals surface area contributed by atoms with Crippen molar-refractivity contribution in [3.63, 3.8) is 0 Å². The van der Waals surface area contributed by atoms with Gasteiger partial charge in [-0.1, -0.05) is 42.0 Å². The third-order valence-electron chi connectivity index (χ3n) is 5.20. The molecule has 0 saturated carbocycles. The van der Waals surface area contributed by atoms with E-state index < -0.39 is 16.0 Å². The van der Waals surface area contributed by atoms with Crippen LogP contribution in [0.1, 0.15) is 47.3 Å². The minimum Gasteiger partial charge on any atom is -0.478 e. The van der Waals surface area contributed by atoms with E-state index in [0.29, 0.717) is 17.3 Å². The summed E-state index contributed by atoms with van der Waals surface area (Å²) in [6.45, 7) is 1.89. The quantitative estimate of drug-likeness (QED) is 0.686. The van der Waals surface area contributed by atoms with Gasteiger partial charge in [0.1, 0.15) is 0 Å². The topological polar surface area (TPSA) is 76.4 Å². The Morgan fingerprint density at radius 1 is 1.04 bits per heavy atom. The predicted molar refractivity (Wildman–Crippen MR) is 109 cm³/mol. The number of carboxylic acid groups (broad SMARTS) is 1. The zero-order valence-electron chi connectivity index (χ0n) is 15.6. The summed E-state index contributed by atoms with van der Waals surface area (Å²) in [5, 5.41) is 10.4. The lowest BCUT2D eigenvalue weighted by atomic mass is 9.95. The highest BCUT2D eigenvalue weighted by molar-refractivity contribution is 7.90. The highest BCUT2D eigenvalue weighted by Gasteiger charge is 2.31. The van der Waals surface area contributed by atoms with Crippen LogP contribution < -0.4 is 0 Å². The summed E-state index contributed by atoms with van der Waals surface area (Å²) < 4.78 is 28.4. The summed E-state index contributed by atoms with van der Waals surface area (Å²) in [7, 11) is -3.96. The largest absolute Gasteiger partial charge is 0.478 e. The Balaban J connectivity index is 2.11. The molecule has 0 radical (unpaired) electrons. The molecule has 0 spiro atoms. The van der Waals surface area contributed by atoms with Crippen molar-refractivity contribution in [2.75, 3.05) is 0 Å². The van der Waals surface area contributed by atoms with Crippen LogP contribution in [-0.2, 0) is 10.0 Å². The van der Waals surface area contributed by atoms with E-state index in [4.69, 9.17) is 0 Å². The molecule has 1 heterocycles. The maximum atomic E-state index is 13.6. The normalized spacial score (nSPS) is 14.8. The fourth-order valence-electron chi connectivity index (χ4n) is 3.84. The lowest BCUT2D eigenvalue weighted by Gasteiger charge is -2.18. The first-order valence-electron chi connectivity index (χ1n) is 9.29. The van der Waals surface area contributed by atoms with Gasteiger partial charge in [0.2, 0.25) is 0 Å². The van der Waals surface area contributed by atoms with Crippen LogP contribution in [-0.4, -0.2) is 23.5 Å². The van der Waals surface area contributed by atoms with Gasteiger partial charge in [-0.15, -0.1) is 0 Å². The van der Waals surface area contributed by atoms with Gasteiger partial charge in [-0.25, -0.2) is 17.2 Å². The average molecular weight is 395 g/mol. The van der Waals surface area contributed by atoms with Gasteiger partial charge < -0.3 is 5.11 Å². The molecule has 0 aliphatic heterocycles. The second-order valence-corrected chi connectivity index (χ2v) is 8.89. The number of hydrogen-bond acceptors (Lipinski definition) is 3. The minimum absolute atomic E-state index is 0.0550. The number of para-hydroxylation sites is 1. The Bertz CT molecular complexity index is 1200. The third kappa shape index (κ3) is 2.94. The first-order valence-corrected chi connectivity index (χ1v) is 10.7. The molecule has 0 bridgehead atoms. The van der Waals surface area contributed by atoms with E-state index in [9.17, 15) is 18.3 Å². The number of aromatic carboxylic acids is 1. The van der Waals surface area contributed by atoms with Crippen LogP contribution in [0.3, 0.4) is 0 Å². The highest BCUT2D eigenvalue weighted by Crippen LogP contribution is 2.38. The summed E-state index contributed by atoms with van der Waals surface area (Å²) in [6, 6.07) is 13.4. The third-order valence-corrected chi connectivity index (χ3v) is 6.93. The van der Waals surface area contributed by atoms with Crippen LogP contribution in [0.15, 0.2) is 59.5 Å². The lowest BCUT2D eigenvalue weighted by molar-refractivity contribution is 0.0698. The molecule has 0 saturated heterocycles. The van der Waals surface area contributed by atoms with Gasteiger partial charge >= 0.3 is 5.97 Å². The molecule has 4 rings (SSSR count). The maximum Gasteiger partial charge on any atom is 0.338 e. The predicted octanol–water partition coefficient (Wildman–Crippen LogP) is 4.84. The Labute approximate surface area is 164 Å². The molecule has 6 heteroatoms. The molecule has 0 atom stereocenters. The Kier molecular flexibility index (Phi) is 4.59. The fourth-order valence-corrected chi connectivity index (χ4v) is 5.40. The molecule has 1 aromatic heterocycles. The van der Waals surface area contributed by atoms with Crippen LogP contribution in [0.5, 0.6) is 0 Å². The van der Waals surface area contributed by atoms with Crippen LogP contribution in [0.25, 0.3) is 16.5 Å². The number of aromatic nitrogens is 1. The van der Waals surface area contributed by atoms with Crippen LogP contribution in [0.4, 0.5) is 0 Å².